The number of benzene rings is 2. The Morgan fingerprint density at radius 2 is 1.82 bits per heavy atom. The zero-order chi connectivity index (χ0) is 15.5. The quantitative estimate of drug-likeness (QED) is 0.778. The third-order valence-electron chi connectivity index (χ3n) is 3.74. The molecule has 3 nitrogen and oxygen atoms in total. The number of aryl methyl sites for hydroxylation is 2. The molecule has 2 aromatic carbocycles. The average molecular weight is 290 g/mol. The van der Waals surface area contributed by atoms with Crippen molar-refractivity contribution in [2.24, 2.45) is 0 Å². The number of rotatable bonds is 3. The molecular formula is C19H18N2O. The SMILES string of the molecule is CCc1ccccc1NC(=O)c1cc(C)nc2ccccc12. The molecule has 3 aromatic rings. The van der Waals surface area contributed by atoms with Crippen molar-refractivity contribution < 1.29 is 4.79 Å². The molecule has 3 heteroatoms. The number of fused-ring (bicyclic) bond motifs is 1. The van der Waals surface area contributed by atoms with Crippen molar-refractivity contribution in [3.05, 3.63) is 71.4 Å². The predicted octanol–water partition coefficient (Wildman–Crippen LogP) is 4.36. The molecule has 0 aliphatic heterocycles. The summed E-state index contributed by atoms with van der Waals surface area (Å²) in [4.78, 5) is 17.2. The monoisotopic (exact) mass is 290 g/mol. The summed E-state index contributed by atoms with van der Waals surface area (Å²) in [6, 6.07) is 17.5. The Morgan fingerprint density at radius 3 is 2.64 bits per heavy atom. The Kier molecular flexibility index (Phi) is 3.88. The second-order valence-corrected chi connectivity index (χ2v) is 5.29. The maximum Gasteiger partial charge on any atom is 0.256 e. The highest BCUT2D eigenvalue weighted by atomic mass is 16.1. The topological polar surface area (TPSA) is 42.0 Å². The lowest BCUT2D eigenvalue weighted by Gasteiger charge is -2.11. The molecule has 0 fully saturated rings. The molecule has 0 saturated carbocycles. The molecule has 1 aromatic heterocycles. The molecule has 0 aliphatic rings. The highest BCUT2D eigenvalue weighted by molar-refractivity contribution is 6.12. The molecular weight excluding hydrogens is 272 g/mol. The van der Waals surface area contributed by atoms with E-state index in [0.717, 1.165) is 34.3 Å². The van der Waals surface area contributed by atoms with Crippen LogP contribution in [0.3, 0.4) is 0 Å². The second-order valence-electron chi connectivity index (χ2n) is 5.29. The van der Waals surface area contributed by atoms with E-state index in [1.807, 2.05) is 61.5 Å². The van der Waals surface area contributed by atoms with Crippen molar-refractivity contribution in [3.63, 3.8) is 0 Å². The number of nitrogens with zero attached hydrogens (tertiary/aromatic N) is 1. The van der Waals surface area contributed by atoms with Crippen molar-refractivity contribution in [3.8, 4) is 0 Å². The molecule has 1 heterocycles. The Hall–Kier alpha value is -2.68. The number of carbonyl (C=O) groups excluding carboxylic acids is 1. The first kappa shape index (κ1) is 14.3. The highest BCUT2D eigenvalue weighted by Gasteiger charge is 2.13. The van der Waals surface area contributed by atoms with Gasteiger partial charge in [-0.05, 0) is 37.1 Å². The largest absolute Gasteiger partial charge is 0.322 e. The fourth-order valence-corrected chi connectivity index (χ4v) is 2.64. The summed E-state index contributed by atoms with van der Waals surface area (Å²) < 4.78 is 0. The average Bonchev–Trinajstić information content (AvgIpc) is 2.54. The smallest absolute Gasteiger partial charge is 0.256 e. The van der Waals surface area contributed by atoms with E-state index >= 15 is 0 Å². The van der Waals surface area contributed by atoms with E-state index < -0.39 is 0 Å². The summed E-state index contributed by atoms with van der Waals surface area (Å²) in [7, 11) is 0. The van der Waals surface area contributed by atoms with Gasteiger partial charge in [0.25, 0.3) is 5.91 Å². The molecule has 0 atom stereocenters. The molecule has 0 spiro atoms. The van der Waals surface area contributed by atoms with Gasteiger partial charge in [-0.15, -0.1) is 0 Å². The number of amides is 1. The lowest BCUT2D eigenvalue weighted by Crippen LogP contribution is -2.14. The van der Waals surface area contributed by atoms with Crippen molar-refractivity contribution in [1.29, 1.82) is 0 Å². The molecule has 0 saturated heterocycles. The van der Waals surface area contributed by atoms with Crippen LogP contribution in [-0.2, 0) is 6.42 Å². The van der Waals surface area contributed by atoms with Gasteiger partial charge in [-0.25, -0.2) is 0 Å². The van der Waals surface area contributed by atoms with Crippen molar-refractivity contribution in [2.45, 2.75) is 20.3 Å². The van der Waals surface area contributed by atoms with Gasteiger partial charge in [0.15, 0.2) is 0 Å². The minimum absolute atomic E-state index is 0.0948. The Morgan fingerprint density at radius 1 is 1.09 bits per heavy atom. The molecule has 1 amide bonds. The predicted molar refractivity (Wildman–Crippen MR) is 90.3 cm³/mol. The van der Waals surface area contributed by atoms with Crippen LogP contribution >= 0.6 is 0 Å². The van der Waals surface area contributed by atoms with Crippen LogP contribution in [0.2, 0.25) is 0 Å². The summed E-state index contributed by atoms with van der Waals surface area (Å²) in [5.74, 6) is -0.0948. The van der Waals surface area contributed by atoms with Crippen LogP contribution in [0.4, 0.5) is 5.69 Å². The van der Waals surface area contributed by atoms with Gasteiger partial charge in [-0.3, -0.25) is 9.78 Å². The number of pyridine rings is 1. The van der Waals surface area contributed by atoms with E-state index in [-0.39, 0.29) is 5.91 Å². The lowest BCUT2D eigenvalue weighted by atomic mass is 10.1. The van der Waals surface area contributed by atoms with Gasteiger partial charge in [0.1, 0.15) is 0 Å². The summed E-state index contributed by atoms with van der Waals surface area (Å²) in [6.07, 6.45) is 0.882. The van der Waals surface area contributed by atoms with Crippen LogP contribution in [0.1, 0.15) is 28.5 Å². The zero-order valence-electron chi connectivity index (χ0n) is 12.8. The molecule has 3 rings (SSSR count). The fourth-order valence-electron chi connectivity index (χ4n) is 2.64. The number of carbonyl (C=O) groups is 1. The van der Waals surface area contributed by atoms with Crippen LogP contribution < -0.4 is 5.32 Å². The molecule has 0 unspecified atom stereocenters. The van der Waals surface area contributed by atoms with Crippen LogP contribution in [-0.4, -0.2) is 10.9 Å². The lowest BCUT2D eigenvalue weighted by molar-refractivity contribution is 0.102. The van der Waals surface area contributed by atoms with Gasteiger partial charge in [0, 0.05) is 16.8 Å². The van der Waals surface area contributed by atoms with Crippen molar-refractivity contribution in [2.75, 3.05) is 5.32 Å². The summed E-state index contributed by atoms with van der Waals surface area (Å²) in [5, 5.41) is 3.90. The maximum absolute atomic E-state index is 12.7. The van der Waals surface area contributed by atoms with Crippen molar-refractivity contribution in [1.82, 2.24) is 4.98 Å². The molecule has 0 aliphatic carbocycles. The summed E-state index contributed by atoms with van der Waals surface area (Å²) >= 11 is 0. The van der Waals surface area contributed by atoms with Crippen LogP contribution in [0.5, 0.6) is 0 Å². The van der Waals surface area contributed by atoms with Gasteiger partial charge in [0.05, 0.1) is 11.1 Å². The van der Waals surface area contributed by atoms with Gasteiger partial charge in [-0.2, -0.15) is 0 Å². The van der Waals surface area contributed by atoms with Crippen molar-refractivity contribution >= 4 is 22.5 Å². The summed E-state index contributed by atoms with van der Waals surface area (Å²) in [5.41, 5.74) is 4.34. The van der Waals surface area contributed by atoms with Gasteiger partial charge >= 0.3 is 0 Å². The van der Waals surface area contributed by atoms with E-state index in [9.17, 15) is 4.79 Å². The number of para-hydroxylation sites is 2. The van der Waals surface area contributed by atoms with Gasteiger partial charge < -0.3 is 5.32 Å². The molecule has 0 radical (unpaired) electrons. The third kappa shape index (κ3) is 2.70. The number of hydrogen-bond donors (Lipinski definition) is 1. The molecule has 0 bridgehead atoms. The first-order valence-electron chi connectivity index (χ1n) is 7.44. The first-order valence-corrected chi connectivity index (χ1v) is 7.44. The number of aromatic nitrogens is 1. The number of nitrogens with one attached hydrogen (secondary N) is 1. The van der Waals surface area contributed by atoms with Gasteiger partial charge in [-0.1, -0.05) is 43.3 Å². The van der Waals surface area contributed by atoms with E-state index in [1.165, 1.54) is 0 Å². The normalized spacial score (nSPS) is 10.6. The van der Waals surface area contributed by atoms with Crippen LogP contribution in [0.15, 0.2) is 54.6 Å². The number of hydrogen-bond acceptors (Lipinski definition) is 2. The van der Waals surface area contributed by atoms with E-state index in [0.29, 0.717) is 5.56 Å². The van der Waals surface area contributed by atoms with Crippen LogP contribution in [0.25, 0.3) is 10.9 Å². The van der Waals surface area contributed by atoms with Gasteiger partial charge in [0.2, 0.25) is 0 Å². The third-order valence-corrected chi connectivity index (χ3v) is 3.74. The van der Waals surface area contributed by atoms with E-state index in [2.05, 4.69) is 17.2 Å². The minimum Gasteiger partial charge on any atom is -0.322 e. The second kappa shape index (κ2) is 5.98. The zero-order valence-corrected chi connectivity index (χ0v) is 12.8. The van der Waals surface area contributed by atoms with E-state index in [1.54, 1.807) is 0 Å². The Bertz CT molecular complexity index is 840. The molecule has 110 valence electrons. The van der Waals surface area contributed by atoms with Crippen LogP contribution in [0, 0.1) is 6.92 Å². The van der Waals surface area contributed by atoms with E-state index in [4.69, 9.17) is 0 Å². The minimum atomic E-state index is -0.0948. The summed E-state index contributed by atoms with van der Waals surface area (Å²) in [6.45, 7) is 3.99. The molecule has 22 heavy (non-hydrogen) atoms. The highest BCUT2D eigenvalue weighted by Crippen LogP contribution is 2.21. The maximum atomic E-state index is 12.7. The standard InChI is InChI=1S/C19H18N2O/c1-3-14-8-4-6-10-17(14)21-19(22)16-12-13(2)20-18-11-7-5-9-15(16)18/h4-12H,3H2,1-2H3,(H,21,22). The fraction of sp³-hybridized carbons (Fsp3) is 0.158. The first-order chi connectivity index (χ1) is 10.7. The Labute approximate surface area is 130 Å². The Balaban J connectivity index is 2.02. The molecule has 1 N–H and O–H groups in total. The number of anilines is 1.